The molecule has 2 heterocycles. The average molecular weight is 321 g/mol. The average Bonchev–Trinajstić information content (AvgIpc) is 2.84. The molecule has 1 N–H and O–H groups in total. The lowest BCUT2D eigenvalue weighted by Gasteiger charge is -2.23. The van der Waals surface area contributed by atoms with E-state index in [-0.39, 0.29) is 0 Å². The monoisotopic (exact) mass is 321 g/mol. The topological polar surface area (TPSA) is 45.6 Å². The molecule has 1 aromatic heterocycles. The number of ether oxygens (including phenoxy) is 2. The first-order chi connectivity index (χ1) is 10.7. The molecule has 0 spiro atoms. The molecule has 0 radical (unpaired) electrons. The van der Waals surface area contributed by atoms with Gasteiger partial charge < -0.3 is 18.9 Å². The molecule has 7 heteroatoms. The van der Waals surface area contributed by atoms with Gasteiger partial charge in [0.2, 0.25) is 4.77 Å². The van der Waals surface area contributed by atoms with Gasteiger partial charge in [-0.2, -0.15) is 4.68 Å². The van der Waals surface area contributed by atoms with Gasteiger partial charge in [0.15, 0.2) is 12.5 Å². The van der Waals surface area contributed by atoms with Crippen LogP contribution in [0.1, 0.15) is 0 Å². The highest BCUT2D eigenvalue weighted by atomic mass is 32.1. The summed E-state index contributed by atoms with van der Waals surface area (Å²) in [6.45, 7) is 4.39. The third kappa shape index (κ3) is 3.06. The van der Waals surface area contributed by atoms with Crippen LogP contribution < -0.4 is 9.64 Å². The molecule has 0 amide bonds. The number of morpholine rings is 1. The summed E-state index contributed by atoms with van der Waals surface area (Å²) < 4.78 is 15.2. The third-order valence-electron chi connectivity index (χ3n) is 3.96. The van der Waals surface area contributed by atoms with Crippen LogP contribution in [-0.2, 0) is 18.5 Å². The largest absolute Gasteiger partial charge is 0.497 e. The van der Waals surface area contributed by atoms with Crippen LogP contribution in [0.15, 0.2) is 24.3 Å². The number of methoxy groups -OCH3 is 1. The second kappa shape index (κ2) is 6.60. The molecule has 1 aliphatic heterocycles. The summed E-state index contributed by atoms with van der Waals surface area (Å²) in [5.41, 5.74) is 1.03. The summed E-state index contributed by atoms with van der Waals surface area (Å²) in [7, 11) is 3.62. The van der Waals surface area contributed by atoms with Gasteiger partial charge in [0.25, 0.3) is 0 Å². The lowest BCUT2D eigenvalue weighted by molar-refractivity contribution is -0.930. The lowest BCUT2D eigenvalue weighted by atomic mass is 10.2. The van der Waals surface area contributed by atoms with Crippen LogP contribution in [0.5, 0.6) is 5.75 Å². The first kappa shape index (κ1) is 15.2. The number of quaternary nitrogens is 1. The van der Waals surface area contributed by atoms with Crippen LogP contribution in [0.3, 0.4) is 0 Å². The molecule has 2 aromatic rings. The van der Waals surface area contributed by atoms with Crippen molar-refractivity contribution in [2.24, 2.45) is 7.05 Å². The maximum absolute atomic E-state index is 5.53. The second-order valence-corrected chi connectivity index (χ2v) is 5.78. The van der Waals surface area contributed by atoms with E-state index in [1.807, 2.05) is 40.6 Å². The Labute approximate surface area is 134 Å². The van der Waals surface area contributed by atoms with Crippen molar-refractivity contribution in [1.29, 1.82) is 0 Å². The van der Waals surface area contributed by atoms with E-state index >= 15 is 0 Å². The quantitative estimate of drug-likeness (QED) is 0.833. The summed E-state index contributed by atoms with van der Waals surface area (Å²) in [6.07, 6.45) is 0. The summed E-state index contributed by atoms with van der Waals surface area (Å²) in [4.78, 5) is 1.45. The SMILES string of the molecule is COc1ccc(-c2nn(C[NH+]3CCOCC3)c(=S)n2C)cc1. The standard InChI is InChI=1S/C15H20N4O2S/c1-17-14(12-3-5-13(20-2)6-4-12)16-19(15(17)22)11-18-7-9-21-10-8-18/h3-6H,7-11H2,1-2H3/p+1. The van der Waals surface area contributed by atoms with Crippen LogP contribution in [0.25, 0.3) is 11.4 Å². The van der Waals surface area contributed by atoms with Crippen LogP contribution >= 0.6 is 12.2 Å². The maximum atomic E-state index is 5.53. The Morgan fingerprint density at radius 2 is 1.95 bits per heavy atom. The van der Waals surface area contributed by atoms with E-state index in [1.165, 1.54) is 4.90 Å². The maximum Gasteiger partial charge on any atom is 0.202 e. The molecular formula is C15H21N4O2S+. The Balaban J connectivity index is 1.86. The molecule has 1 fully saturated rings. The molecule has 0 atom stereocenters. The van der Waals surface area contributed by atoms with Gasteiger partial charge in [-0.1, -0.05) is 0 Å². The van der Waals surface area contributed by atoms with Gasteiger partial charge in [0.1, 0.15) is 18.8 Å². The zero-order chi connectivity index (χ0) is 15.5. The number of rotatable bonds is 4. The first-order valence-corrected chi connectivity index (χ1v) is 7.79. The Kier molecular flexibility index (Phi) is 4.56. The normalized spacial score (nSPS) is 15.9. The fourth-order valence-corrected chi connectivity index (χ4v) is 2.80. The molecular weight excluding hydrogens is 300 g/mol. The predicted octanol–water partition coefficient (Wildman–Crippen LogP) is 0.499. The zero-order valence-electron chi connectivity index (χ0n) is 12.9. The minimum atomic E-state index is 0.741. The Morgan fingerprint density at radius 1 is 1.27 bits per heavy atom. The number of nitrogens with one attached hydrogen (secondary N) is 1. The third-order valence-corrected chi connectivity index (χ3v) is 4.45. The van der Waals surface area contributed by atoms with E-state index in [0.717, 1.165) is 54.9 Å². The van der Waals surface area contributed by atoms with E-state index in [2.05, 4.69) is 0 Å². The molecule has 0 saturated carbocycles. The highest BCUT2D eigenvalue weighted by molar-refractivity contribution is 7.71. The minimum Gasteiger partial charge on any atom is -0.497 e. The number of aromatic nitrogens is 3. The summed E-state index contributed by atoms with van der Waals surface area (Å²) >= 11 is 5.53. The van der Waals surface area contributed by atoms with Crippen molar-refractivity contribution in [1.82, 2.24) is 14.3 Å². The number of nitrogens with zero attached hydrogens (tertiary/aromatic N) is 3. The number of hydrogen-bond donors (Lipinski definition) is 1. The molecule has 1 aliphatic rings. The summed E-state index contributed by atoms with van der Waals surface area (Å²) in [5.74, 6) is 1.71. The van der Waals surface area contributed by atoms with Gasteiger partial charge >= 0.3 is 0 Å². The molecule has 118 valence electrons. The fraction of sp³-hybridized carbons (Fsp3) is 0.467. The highest BCUT2D eigenvalue weighted by Crippen LogP contribution is 2.20. The highest BCUT2D eigenvalue weighted by Gasteiger charge is 2.17. The smallest absolute Gasteiger partial charge is 0.202 e. The van der Waals surface area contributed by atoms with Crippen LogP contribution in [0, 0.1) is 4.77 Å². The van der Waals surface area contributed by atoms with Crippen molar-refractivity contribution in [3.05, 3.63) is 29.0 Å². The lowest BCUT2D eigenvalue weighted by Crippen LogP contribution is -3.13. The van der Waals surface area contributed by atoms with E-state index < -0.39 is 0 Å². The van der Waals surface area contributed by atoms with Crippen LogP contribution in [0.2, 0.25) is 0 Å². The zero-order valence-corrected chi connectivity index (χ0v) is 13.7. The van der Waals surface area contributed by atoms with Crippen molar-refractivity contribution in [2.75, 3.05) is 33.4 Å². The predicted molar refractivity (Wildman–Crippen MR) is 85.5 cm³/mol. The minimum absolute atomic E-state index is 0.741. The van der Waals surface area contributed by atoms with Crippen molar-refractivity contribution in [3.63, 3.8) is 0 Å². The van der Waals surface area contributed by atoms with Gasteiger partial charge in [-0.05, 0) is 36.5 Å². The van der Waals surface area contributed by atoms with E-state index in [0.29, 0.717) is 0 Å². The number of benzene rings is 1. The van der Waals surface area contributed by atoms with Gasteiger partial charge in [0.05, 0.1) is 20.3 Å². The van der Waals surface area contributed by atoms with Gasteiger partial charge in [-0.3, -0.25) is 0 Å². The molecule has 1 aromatic carbocycles. The molecule has 0 bridgehead atoms. The van der Waals surface area contributed by atoms with Crippen LogP contribution in [-0.4, -0.2) is 47.8 Å². The van der Waals surface area contributed by atoms with E-state index in [9.17, 15) is 0 Å². The van der Waals surface area contributed by atoms with E-state index in [1.54, 1.807) is 7.11 Å². The number of hydrogen-bond acceptors (Lipinski definition) is 4. The van der Waals surface area contributed by atoms with Gasteiger partial charge in [-0.15, -0.1) is 5.10 Å². The van der Waals surface area contributed by atoms with Gasteiger partial charge in [0, 0.05) is 12.6 Å². The Bertz CT molecular complexity index is 687. The van der Waals surface area contributed by atoms with Crippen LogP contribution in [0.4, 0.5) is 0 Å². The summed E-state index contributed by atoms with van der Waals surface area (Å²) in [5, 5.41) is 4.70. The Morgan fingerprint density at radius 3 is 2.59 bits per heavy atom. The van der Waals surface area contributed by atoms with Gasteiger partial charge in [-0.25, -0.2) is 0 Å². The molecule has 0 aliphatic carbocycles. The molecule has 0 unspecified atom stereocenters. The molecule has 22 heavy (non-hydrogen) atoms. The Hall–Kier alpha value is -1.70. The van der Waals surface area contributed by atoms with Crippen molar-refractivity contribution >= 4 is 12.2 Å². The van der Waals surface area contributed by atoms with Crippen molar-refractivity contribution in [3.8, 4) is 17.1 Å². The molecule has 3 rings (SSSR count). The summed E-state index contributed by atoms with van der Waals surface area (Å²) in [6, 6.07) is 7.87. The molecule has 6 nitrogen and oxygen atoms in total. The first-order valence-electron chi connectivity index (χ1n) is 7.38. The van der Waals surface area contributed by atoms with Crippen molar-refractivity contribution < 1.29 is 14.4 Å². The molecule has 1 saturated heterocycles. The van der Waals surface area contributed by atoms with E-state index in [4.69, 9.17) is 26.8 Å². The second-order valence-electron chi connectivity index (χ2n) is 5.41. The fourth-order valence-electron chi connectivity index (χ4n) is 2.61. The van der Waals surface area contributed by atoms with Crippen molar-refractivity contribution in [2.45, 2.75) is 6.67 Å².